The van der Waals surface area contributed by atoms with Gasteiger partial charge in [-0.2, -0.15) is 10.5 Å². The van der Waals surface area contributed by atoms with Crippen molar-refractivity contribution in [2.45, 2.75) is 12.8 Å². The van der Waals surface area contributed by atoms with Crippen LogP contribution in [0, 0.1) is 34.5 Å². The molecule has 0 unspecified atom stereocenters. The molecule has 0 aliphatic carbocycles. The van der Waals surface area contributed by atoms with Crippen LogP contribution in [-0.2, 0) is 0 Å². The molecule has 0 saturated heterocycles. The van der Waals surface area contributed by atoms with Crippen LogP contribution in [0.15, 0.2) is 0 Å². The third kappa shape index (κ3) is 3.17. The molecule has 1 heterocycles. The number of aliphatic hydroxyl groups is 1. The minimum Gasteiger partial charge on any atom is -0.396 e. The first-order valence-electron chi connectivity index (χ1n) is 4.80. The first kappa shape index (κ1) is 12.4. The predicted molar refractivity (Wildman–Crippen MR) is 59.1 cm³/mol. The van der Waals surface area contributed by atoms with Crippen molar-refractivity contribution in [3.8, 4) is 24.0 Å². The standard InChI is InChI=1S/C11H9N5O/c12-6-9-10(7-13)16-11(14)8(15-9)4-2-1-3-5-17/h17H,1,3,5H2,(H2,14,16). The lowest BCUT2D eigenvalue weighted by Gasteiger charge is -1.98. The first-order valence-corrected chi connectivity index (χ1v) is 4.80. The molecule has 17 heavy (non-hydrogen) atoms. The van der Waals surface area contributed by atoms with E-state index in [0.29, 0.717) is 12.8 Å². The number of aromatic nitrogens is 2. The fourth-order valence-corrected chi connectivity index (χ4v) is 1.01. The van der Waals surface area contributed by atoms with E-state index in [-0.39, 0.29) is 29.5 Å². The maximum atomic E-state index is 8.75. The number of nitrogens with zero attached hydrogens (tertiary/aromatic N) is 4. The highest BCUT2D eigenvalue weighted by atomic mass is 16.2. The van der Waals surface area contributed by atoms with Gasteiger partial charge >= 0.3 is 0 Å². The molecule has 0 aliphatic heterocycles. The molecule has 0 saturated carbocycles. The maximum Gasteiger partial charge on any atom is 0.179 e. The normalized spacial score (nSPS) is 8.65. The number of nitriles is 2. The Bertz CT molecular complexity index is 556. The van der Waals surface area contributed by atoms with Gasteiger partial charge in [0.25, 0.3) is 0 Å². The van der Waals surface area contributed by atoms with E-state index < -0.39 is 0 Å². The molecule has 0 aliphatic rings. The molecule has 1 aromatic rings. The van der Waals surface area contributed by atoms with Crippen LogP contribution in [-0.4, -0.2) is 21.7 Å². The molecule has 6 heteroatoms. The lowest BCUT2D eigenvalue weighted by molar-refractivity contribution is 0.290. The van der Waals surface area contributed by atoms with Crippen LogP contribution in [0.25, 0.3) is 0 Å². The molecule has 0 spiro atoms. The number of aliphatic hydroxyl groups excluding tert-OH is 1. The number of unbranched alkanes of at least 4 members (excludes halogenated alkanes) is 1. The molecule has 1 rings (SSSR count). The molecule has 0 amide bonds. The SMILES string of the molecule is N#Cc1nc(N)c(C#CCCCO)nc1C#N. The molecule has 0 bridgehead atoms. The minimum absolute atomic E-state index is 0.0250. The second kappa shape index (κ2) is 6.07. The van der Waals surface area contributed by atoms with E-state index in [9.17, 15) is 0 Å². The lowest BCUT2D eigenvalue weighted by atomic mass is 10.3. The van der Waals surface area contributed by atoms with Crippen LogP contribution in [0.4, 0.5) is 5.82 Å². The van der Waals surface area contributed by atoms with Crippen molar-refractivity contribution >= 4 is 5.82 Å². The van der Waals surface area contributed by atoms with Gasteiger partial charge < -0.3 is 10.8 Å². The van der Waals surface area contributed by atoms with Crippen LogP contribution < -0.4 is 5.73 Å². The average molecular weight is 227 g/mol. The Hall–Kier alpha value is -2.62. The van der Waals surface area contributed by atoms with Crippen LogP contribution in [0.5, 0.6) is 0 Å². The van der Waals surface area contributed by atoms with Crippen molar-refractivity contribution in [1.82, 2.24) is 9.97 Å². The minimum atomic E-state index is -0.106. The fraction of sp³-hybridized carbons (Fsp3) is 0.273. The van der Waals surface area contributed by atoms with Crippen LogP contribution >= 0.6 is 0 Å². The molecule has 3 N–H and O–H groups in total. The van der Waals surface area contributed by atoms with Gasteiger partial charge in [0.1, 0.15) is 12.1 Å². The summed E-state index contributed by atoms with van der Waals surface area (Å²) in [5.41, 5.74) is 5.53. The van der Waals surface area contributed by atoms with E-state index in [1.165, 1.54) is 0 Å². The average Bonchev–Trinajstić information content (AvgIpc) is 2.35. The van der Waals surface area contributed by atoms with E-state index in [0.717, 1.165) is 0 Å². The Morgan fingerprint density at radius 1 is 1.12 bits per heavy atom. The van der Waals surface area contributed by atoms with Gasteiger partial charge in [0.2, 0.25) is 0 Å². The quantitative estimate of drug-likeness (QED) is 0.538. The highest BCUT2D eigenvalue weighted by Gasteiger charge is 2.09. The van der Waals surface area contributed by atoms with Crippen molar-refractivity contribution in [2.75, 3.05) is 12.3 Å². The lowest BCUT2D eigenvalue weighted by Crippen LogP contribution is -2.03. The number of hydrogen-bond donors (Lipinski definition) is 2. The summed E-state index contributed by atoms with van der Waals surface area (Å²) in [4.78, 5) is 7.59. The summed E-state index contributed by atoms with van der Waals surface area (Å²) in [6.45, 7) is 0.0622. The summed E-state index contributed by atoms with van der Waals surface area (Å²) in [7, 11) is 0. The Morgan fingerprint density at radius 3 is 2.35 bits per heavy atom. The number of hydrogen-bond acceptors (Lipinski definition) is 6. The molecular formula is C11H9N5O. The van der Waals surface area contributed by atoms with E-state index in [4.69, 9.17) is 21.4 Å². The maximum absolute atomic E-state index is 8.75. The molecule has 0 atom stereocenters. The van der Waals surface area contributed by atoms with Crippen molar-refractivity contribution in [3.63, 3.8) is 0 Å². The first-order chi connectivity index (χ1) is 8.22. The Kier molecular flexibility index (Phi) is 4.45. The summed E-state index contributed by atoms with van der Waals surface area (Å²) in [6, 6.07) is 3.49. The fourth-order valence-electron chi connectivity index (χ4n) is 1.01. The Labute approximate surface area is 98.3 Å². The third-order valence-corrected chi connectivity index (χ3v) is 1.80. The zero-order valence-corrected chi connectivity index (χ0v) is 8.93. The second-order valence-corrected chi connectivity index (χ2v) is 3.01. The molecular weight excluding hydrogens is 218 g/mol. The Morgan fingerprint density at radius 2 is 1.76 bits per heavy atom. The molecule has 0 fully saturated rings. The van der Waals surface area contributed by atoms with Crippen LogP contribution in [0.3, 0.4) is 0 Å². The second-order valence-electron chi connectivity index (χ2n) is 3.01. The van der Waals surface area contributed by atoms with Crippen molar-refractivity contribution in [3.05, 3.63) is 17.1 Å². The van der Waals surface area contributed by atoms with Crippen LogP contribution in [0.1, 0.15) is 29.9 Å². The third-order valence-electron chi connectivity index (χ3n) is 1.80. The summed E-state index contributed by atoms with van der Waals surface area (Å²) in [5, 5.41) is 26.0. The van der Waals surface area contributed by atoms with Gasteiger partial charge in [0.05, 0.1) is 0 Å². The molecule has 1 aromatic heterocycles. The van der Waals surface area contributed by atoms with Gasteiger partial charge in [0, 0.05) is 13.0 Å². The summed E-state index contributed by atoms with van der Waals surface area (Å²) >= 11 is 0. The van der Waals surface area contributed by atoms with Gasteiger partial charge in [0.15, 0.2) is 22.9 Å². The Balaban J connectivity index is 3.06. The highest BCUT2D eigenvalue weighted by molar-refractivity contribution is 5.51. The van der Waals surface area contributed by atoms with E-state index in [1.54, 1.807) is 12.1 Å². The van der Waals surface area contributed by atoms with Crippen molar-refractivity contribution in [2.24, 2.45) is 0 Å². The molecule has 84 valence electrons. The van der Waals surface area contributed by atoms with E-state index >= 15 is 0 Å². The number of nitrogen functional groups attached to an aromatic ring is 1. The summed E-state index contributed by atoms with van der Waals surface area (Å²) in [6.07, 6.45) is 1.06. The zero-order chi connectivity index (χ0) is 12.7. The molecule has 6 nitrogen and oxygen atoms in total. The van der Waals surface area contributed by atoms with Gasteiger partial charge in [-0.1, -0.05) is 5.92 Å². The monoisotopic (exact) mass is 227 g/mol. The molecule has 0 aromatic carbocycles. The van der Waals surface area contributed by atoms with Crippen molar-refractivity contribution < 1.29 is 5.11 Å². The topological polar surface area (TPSA) is 120 Å². The number of nitrogens with two attached hydrogens (primary N) is 1. The van der Waals surface area contributed by atoms with E-state index in [1.807, 2.05) is 0 Å². The van der Waals surface area contributed by atoms with Gasteiger partial charge in [-0.15, -0.1) is 0 Å². The van der Waals surface area contributed by atoms with Gasteiger partial charge in [-0.05, 0) is 12.3 Å². The van der Waals surface area contributed by atoms with Gasteiger partial charge in [-0.25, -0.2) is 9.97 Å². The highest BCUT2D eigenvalue weighted by Crippen LogP contribution is 2.08. The summed E-state index contributed by atoms with van der Waals surface area (Å²) < 4.78 is 0. The van der Waals surface area contributed by atoms with E-state index in [2.05, 4.69) is 21.8 Å². The predicted octanol–water partition coefficient (Wildman–Crippen LogP) is -0.0738. The van der Waals surface area contributed by atoms with Gasteiger partial charge in [-0.3, -0.25) is 0 Å². The summed E-state index contributed by atoms with van der Waals surface area (Å²) in [5.74, 6) is 5.43. The number of rotatable bonds is 2. The van der Waals surface area contributed by atoms with Crippen molar-refractivity contribution in [1.29, 1.82) is 10.5 Å². The van der Waals surface area contributed by atoms with Crippen LogP contribution in [0.2, 0.25) is 0 Å². The molecule has 0 radical (unpaired) electrons. The smallest absolute Gasteiger partial charge is 0.179 e. The zero-order valence-electron chi connectivity index (χ0n) is 8.93. The largest absolute Gasteiger partial charge is 0.396 e. The number of anilines is 1.